The van der Waals surface area contributed by atoms with Gasteiger partial charge in [0.1, 0.15) is 0 Å². The molecule has 7 heteroatoms. The number of para-hydroxylation sites is 1. The molecule has 3 heterocycles. The number of hydrogen-bond donors (Lipinski definition) is 1. The third kappa shape index (κ3) is 3.38. The minimum absolute atomic E-state index is 0.0666. The van der Waals surface area contributed by atoms with E-state index in [0.717, 1.165) is 23.6 Å². The summed E-state index contributed by atoms with van der Waals surface area (Å²) in [6, 6.07) is 17.2. The van der Waals surface area contributed by atoms with Gasteiger partial charge in [-0.2, -0.15) is 0 Å². The molecule has 0 bridgehead atoms. The van der Waals surface area contributed by atoms with E-state index < -0.39 is 0 Å². The van der Waals surface area contributed by atoms with Crippen molar-refractivity contribution < 1.29 is 9.53 Å². The van der Waals surface area contributed by atoms with Crippen LogP contribution in [0.4, 0.5) is 0 Å². The number of carbonyl (C=O) groups excluding carboxylic acids is 1. The number of thiocarbonyl (C=S) groups is 1. The van der Waals surface area contributed by atoms with Gasteiger partial charge in [-0.1, -0.05) is 18.2 Å². The topological polar surface area (TPSA) is 59.4 Å². The van der Waals surface area contributed by atoms with Gasteiger partial charge >= 0.3 is 5.97 Å². The molecule has 3 aromatic rings. The number of nitrogens with zero attached hydrogens (tertiary/aromatic N) is 3. The number of esters is 1. The molecule has 2 aromatic heterocycles. The Morgan fingerprint density at radius 3 is 2.69 bits per heavy atom. The Balaban J connectivity index is 1.84. The molecule has 0 unspecified atom stereocenters. The molecule has 0 spiro atoms. The van der Waals surface area contributed by atoms with Gasteiger partial charge in [-0.25, -0.2) is 4.79 Å². The van der Waals surface area contributed by atoms with E-state index in [1.54, 1.807) is 12.3 Å². The Kier molecular flexibility index (Phi) is 5.31. The minimum Gasteiger partial charge on any atom is -0.465 e. The Hall–Kier alpha value is -3.19. The van der Waals surface area contributed by atoms with Crippen LogP contribution in [0.1, 0.15) is 40.8 Å². The fourth-order valence-corrected chi connectivity index (χ4v) is 4.26. The predicted octanol–water partition coefficient (Wildman–Crippen LogP) is 3.65. The number of likely N-dealkylation sites (N-methyl/N-ethyl adjacent to an activating group) is 1. The zero-order chi connectivity index (χ0) is 20.4. The maximum atomic E-state index is 12.3. The van der Waals surface area contributed by atoms with Crippen LogP contribution in [0.2, 0.25) is 0 Å². The molecule has 0 saturated carbocycles. The van der Waals surface area contributed by atoms with Crippen molar-refractivity contribution in [3.63, 3.8) is 0 Å². The van der Waals surface area contributed by atoms with Crippen molar-refractivity contribution in [1.82, 2.24) is 19.8 Å². The predicted molar refractivity (Wildman–Crippen MR) is 115 cm³/mol. The second-order valence-electron chi connectivity index (χ2n) is 6.72. The lowest BCUT2D eigenvalue weighted by Crippen LogP contribution is -2.30. The van der Waals surface area contributed by atoms with E-state index in [4.69, 9.17) is 17.0 Å². The first-order valence-corrected chi connectivity index (χ1v) is 9.89. The molecule has 2 atom stereocenters. The molecule has 1 aliphatic heterocycles. The fourth-order valence-electron chi connectivity index (χ4n) is 3.89. The van der Waals surface area contributed by atoms with E-state index in [0.29, 0.717) is 10.7 Å². The number of ether oxygens (including phenoxy) is 1. The third-order valence-electron chi connectivity index (χ3n) is 5.19. The van der Waals surface area contributed by atoms with Gasteiger partial charge < -0.3 is 19.5 Å². The molecule has 1 aliphatic rings. The van der Waals surface area contributed by atoms with E-state index in [1.807, 2.05) is 53.2 Å². The first-order valence-electron chi connectivity index (χ1n) is 9.48. The number of carbonyl (C=O) groups is 1. The van der Waals surface area contributed by atoms with Gasteiger partial charge in [-0.3, -0.25) is 4.98 Å². The van der Waals surface area contributed by atoms with Gasteiger partial charge in [0.25, 0.3) is 0 Å². The molecule has 0 amide bonds. The molecule has 1 aromatic carbocycles. The monoisotopic (exact) mass is 406 g/mol. The molecule has 0 aliphatic carbocycles. The van der Waals surface area contributed by atoms with Crippen molar-refractivity contribution in [3.8, 4) is 5.69 Å². The smallest absolute Gasteiger partial charge is 0.339 e. The first-order chi connectivity index (χ1) is 14.2. The molecule has 0 radical (unpaired) electrons. The van der Waals surface area contributed by atoms with Crippen LogP contribution in [-0.2, 0) is 4.74 Å². The number of hydrogen-bond acceptors (Lipinski definition) is 4. The lowest BCUT2D eigenvalue weighted by Gasteiger charge is -2.28. The summed E-state index contributed by atoms with van der Waals surface area (Å²) >= 11 is 5.62. The Morgan fingerprint density at radius 1 is 1.17 bits per heavy atom. The summed E-state index contributed by atoms with van der Waals surface area (Å²) in [5.41, 5.74) is 3.22. The number of pyridine rings is 1. The summed E-state index contributed by atoms with van der Waals surface area (Å²) in [4.78, 5) is 19.0. The van der Waals surface area contributed by atoms with Crippen molar-refractivity contribution >= 4 is 23.3 Å². The van der Waals surface area contributed by atoms with E-state index in [-0.39, 0.29) is 18.1 Å². The van der Waals surface area contributed by atoms with Gasteiger partial charge in [0.05, 0.1) is 36.1 Å². The average Bonchev–Trinajstić information content (AvgIpc) is 3.37. The van der Waals surface area contributed by atoms with Crippen LogP contribution in [0.5, 0.6) is 0 Å². The molecular weight excluding hydrogens is 384 g/mol. The van der Waals surface area contributed by atoms with Gasteiger partial charge in [-0.05, 0) is 55.5 Å². The van der Waals surface area contributed by atoms with Gasteiger partial charge in [0.15, 0.2) is 5.11 Å². The highest BCUT2D eigenvalue weighted by atomic mass is 32.1. The van der Waals surface area contributed by atoms with Crippen LogP contribution >= 0.6 is 12.2 Å². The summed E-state index contributed by atoms with van der Waals surface area (Å²) in [6.07, 6.45) is 3.75. The number of nitrogens with one attached hydrogen (secondary N) is 1. The average molecular weight is 407 g/mol. The van der Waals surface area contributed by atoms with E-state index in [9.17, 15) is 4.79 Å². The third-order valence-corrected chi connectivity index (χ3v) is 5.54. The van der Waals surface area contributed by atoms with Crippen molar-refractivity contribution in [2.75, 3.05) is 13.7 Å². The van der Waals surface area contributed by atoms with E-state index >= 15 is 0 Å². The first kappa shape index (κ1) is 19.1. The second kappa shape index (κ2) is 8.05. The zero-order valence-corrected chi connectivity index (χ0v) is 17.1. The van der Waals surface area contributed by atoms with Crippen molar-refractivity contribution in [2.24, 2.45) is 0 Å². The molecule has 29 heavy (non-hydrogen) atoms. The molecule has 4 rings (SSSR count). The Labute approximate surface area is 175 Å². The van der Waals surface area contributed by atoms with E-state index in [2.05, 4.69) is 28.2 Å². The molecular formula is C22H22N4O2S. The maximum Gasteiger partial charge on any atom is 0.339 e. The SMILES string of the molecule is CCN1C(=S)N[C@H](c2ccccn2)[C@@H]1c1cccn1-c1ccccc1C(=O)OC. The molecule has 148 valence electrons. The standard InChI is InChI=1S/C22H22N4O2S/c1-3-25-20(19(24-22(25)29)16-10-6-7-13-23-16)18-12-8-14-26(18)17-11-5-4-9-15(17)21(27)28-2/h4-14,19-20H,3H2,1-2H3,(H,24,29)/t19-,20+/m1/s1. The summed E-state index contributed by atoms with van der Waals surface area (Å²) in [5.74, 6) is -0.367. The molecule has 1 fully saturated rings. The van der Waals surface area contributed by atoms with Crippen LogP contribution in [-0.4, -0.2) is 39.2 Å². The van der Waals surface area contributed by atoms with Gasteiger partial charge in [0.2, 0.25) is 0 Å². The lowest BCUT2D eigenvalue weighted by molar-refractivity contribution is 0.0600. The zero-order valence-electron chi connectivity index (χ0n) is 16.3. The highest BCUT2D eigenvalue weighted by molar-refractivity contribution is 7.80. The van der Waals surface area contributed by atoms with E-state index in [1.165, 1.54) is 7.11 Å². The summed E-state index contributed by atoms with van der Waals surface area (Å²) < 4.78 is 7.02. The van der Waals surface area contributed by atoms with Crippen molar-refractivity contribution in [3.05, 3.63) is 83.9 Å². The molecule has 6 nitrogen and oxygen atoms in total. The summed E-state index contributed by atoms with van der Waals surface area (Å²) in [6.45, 7) is 2.83. The van der Waals surface area contributed by atoms with Crippen molar-refractivity contribution in [2.45, 2.75) is 19.0 Å². The Bertz CT molecular complexity index is 1030. The maximum absolute atomic E-state index is 12.3. The summed E-state index contributed by atoms with van der Waals surface area (Å²) in [7, 11) is 1.39. The highest BCUT2D eigenvalue weighted by Crippen LogP contribution is 2.39. The van der Waals surface area contributed by atoms with Crippen LogP contribution in [0.3, 0.4) is 0 Å². The molecule has 1 saturated heterocycles. The lowest BCUT2D eigenvalue weighted by atomic mass is 10.0. The molecule has 1 N–H and O–H groups in total. The van der Waals surface area contributed by atoms with Gasteiger partial charge in [0, 0.05) is 24.6 Å². The van der Waals surface area contributed by atoms with Gasteiger partial charge in [-0.15, -0.1) is 0 Å². The van der Waals surface area contributed by atoms with Crippen LogP contribution in [0.15, 0.2) is 67.0 Å². The normalized spacial score (nSPS) is 18.6. The van der Waals surface area contributed by atoms with Crippen molar-refractivity contribution in [1.29, 1.82) is 0 Å². The largest absolute Gasteiger partial charge is 0.465 e. The quantitative estimate of drug-likeness (QED) is 0.516. The van der Waals surface area contributed by atoms with Crippen LogP contribution in [0, 0.1) is 0 Å². The number of aromatic nitrogens is 2. The Morgan fingerprint density at radius 2 is 1.97 bits per heavy atom. The van der Waals surface area contributed by atoms with Crippen LogP contribution < -0.4 is 5.32 Å². The fraction of sp³-hybridized carbons (Fsp3) is 0.227. The number of rotatable bonds is 5. The van der Waals surface area contributed by atoms with Crippen LogP contribution in [0.25, 0.3) is 5.69 Å². The minimum atomic E-state index is -0.367. The number of methoxy groups -OCH3 is 1. The number of benzene rings is 1. The summed E-state index contributed by atoms with van der Waals surface area (Å²) in [5, 5.41) is 4.12. The highest BCUT2D eigenvalue weighted by Gasteiger charge is 2.40. The second-order valence-corrected chi connectivity index (χ2v) is 7.11.